The maximum Gasteiger partial charge on any atom is 0.228 e. The quantitative estimate of drug-likeness (QED) is 0.376. The smallest absolute Gasteiger partial charge is 0.228 e. The minimum absolute atomic E-state index is 0.279. The number of quaternary nitrogens is 1. The van der Waals surface area contributed by atoms with Crippen LogP contribution < -0.4 is 5.73 Å². The monoisotopic (exact) mass is 213 g/mol. The summed E-state index contributed by atoms with van der Waals surface area (Å²) in [5, 5.41) is 0. The van der Waals surface area contributed by atoms with Crippen LogP contribution in [-0.2, 0) is 9.59 Å². The third-order valence-corrected chi connectivity index (χ3v) is 2.77. The zero-order chi connectivity index (χ0) is 12.1. The summed E-state index contributed by atoms with van der Waals surface area (Å²) in [5.41, 5.74) is 5.17. The highest BCUT2D eigenvalue weighted by molar-refractivity contribution is 6.05. The van der Waals surface area contributed by atoms with Crippen LogP contribution in [0.15, 0.2) is 12.7 Å². The van der Waals surface area contributed by atoms with E-state index in [1.165, 1.54) is 6.08 Å². The molecule has 0 spiro atoms. The lowest BCUT2D eigenvalue weighted by Gasteiger charge is -2.29. The van der Waals surface area contributed by atoms with E-state index in [0.717, 1.165) is 17.6 Å². The van der Waals surface area contributed by atoms with Gasteiger partial charge in [0.25, 0.3) is 0 Å². The van der Waals surface area contributed by atoms with Crippen molar-refractivity contribution in [3.63, 3.8) is 0 Å². The fourth-order valence-electron chi connectivity index (χ4n) is 1.20. The van der Waals surface area contributed by atoms with Gasteiger partial charge in [0.2, 0.25) is 5.91 Å². The molecule has 1 atom stereocenters. The summed E-state index contributed by atoms with van der Waals surface area (Å²) in [7, 11) is 4.10. The summed E-state index contributed by atoms with van der Waals surface area (Å²) in [6.07, 6.45) is 1.66. The van der Waals surface area contributed by atoms with Crippen molar-refractivity contribution in [3.05, 3.63) is 12.7 Å². The molecule has 2 N–H and O–H groups in total. The van der Waals surface area contributed by atoms with Crippen LogP contribution in [-0.4, -0.2) is 43.4 Å². The number of ketones is 1. The van der Waals surface area contributed by atoms with Gasteiger partial charge in [0.05, 0.1) is 27.2 Å². The average molecular weight is 213 g/mol. The van der Waals surface area contributed by atoms with E-state index in [4.69, 9.17) is 5.73 Å². The first kappa shape index (κ1) is 13.8. The Morgan fingerprint density at radius 2 is 2.00 bits per heavy atom. The van der Waals surface area contributed by atoms with Gasteiger partial charge in [-0.25, -0.2) is 0 Å². The number of nitrogens with zero attached hydrogens (tertiary/aromatic N) is 1. The fraction of sp³-hybridized carbons (Fsp3) is 0.636. The van der Waals surface area contributed by atoms with E-state index >= 15 is 0 Å². The van der Waals surface area contributed by atoms with Crippen molar-refractivity contribution in [2.24, 2.45) is 11.7 Å². The Hall–Kier alpha value is -1.16. The second-order valence-corrected chi connectivity index (χ2v) is 4.33. The van der Waals surface area contributed by atoms with Gasteiger partial charge in [0, 0.05) is 6.42 Å². The SMILES string of the molecule is C=CC(=O)C(CC[N+](C)(C)CC)C(N)=O. The third-order valence-electron chi connectivity index (χ3n) is 2.77. The van der Waals surface area contributed by atoms with Gasteiger partial charge in [-0.05, 0) is 13.0 Å². The molecule has 0 bridgehead atoms. The number of primary amides is 1. The molecule has 1 amide bonds. The first-order valence-electron chi connectivity index (χ1n) is 5.11. The normalized spacial score (nSPS) is 13.3. The molecule has 0 heterocycles. The van der Waals surface area contributed by atoms with Gasteiger partial charge >= 0.3 is 0 Å². The summed E-state index contributed by atoms with van der Waals surface area (Å²) < 4.78 is 0.772. The molecule has 0 aliphatic carbocycles. The summed E-state index contributed by atoms with van der Waals surface area (Å²) >= 11 is 0. The summed E-state index contributed by atoms with van der Waals surface area (Å²) in [4.78, 5) is 22.4. The largest absolute Gasteiger partial charge is 0.369 e. The summed E-state index contributed by atoms with van der Waals surface area (Å²) in [6.45, 7) is 7.14. The minimum Gasteiger partial charge on any atom is -0.369 e. The highest BCUT2D eigenvalue weighted by Gasteiger charge is 2.25. The molecule has 4 heteroatoms. The maximum atomic E-state index is 11.3. The van der Waals surface area contributed by atoms with Crippen molar-refractivity contribution in [1.82, 2.24) is 0 Å². The van der Waals surface area contributed by atoms with Crippen LogP contribution in [0.1, 0.15) is 13.3 Å². The number of nitrogens with two attached hydrogens (primary N) is 1. The standard InChI is InChI=1S/C11H20N2O2/c1-5-10(14)9(11(12)15)7-8-13(3,4)6-2/h5,9H,1,6-8H2,2-4H3,(H-,12,15)/p+1. The van der Waals surface area contributed by atoms with Crippen molar-refractivity contribution in [2.75, 3.05) is 27.2 Å². The third kappa shape index (κ3) is 4.74. The molecule has 0 rings (SSSR count). The predicted octanol–water partition coefficient (Wildman–Crippen LogP) is 0.329. The van der Waals surface area contributed by atoms with Gasteiger partial charge in [-0.3, -0.25) is 9.59 Å². The molecule has 15 heavy (non-hydrogen) atoms. The van der Waals surface area contributed by atoms with Gasteiger partial charge < -0.3 is 10.2 Å². The number of carbonyl (C=O) groups excluding carboxylic acids is 2. The number of hydrogen-bond donors (Lipinski definition) is 1. The number of carbonyl (C=O) groups is 2. The van der Waals surface area contributed by atoms with E-state index in [1.807, 2.05) is 0 Å². The van der Waals surface area contributed by atoms with Crippen molar-refractivity contribution in [2.45, 2.75) is 13.3 Å². The van der Waals surface area contributed by atoms with Crippen LogP contribution in [0.4, 0.5) is 0 Å². The lowest BCUT2D eigenvalue weighted by atomic mass is 9.99. The number of rotatable bonds is 7. The second-order valence-electron chi connectivity index (χ2n) is 4.33. The van der Waals surface area contributed by atoms with Crippen molar-refractivity contribution < 1.29 is 14.1 Å². The van der Waals surface area contributed by atoms with Crippen LogP contribution >= 0.6 is 0 Å². The van der Waals surface area contributed by atoms with Gasteiger partial charge in [-0.1, -0.05) is 6.58 Å². The molecule has 0 aromatic rings. The maximum absolute atomic E-state index is 11.3. The van der Waals surface area contributed by atoms with Crippen molar-refractivity contribution in [3.8, 4) is 0 Å². The zero-order valence-corrected chi connectivity index (χ0v) is 9.82. The number of hydrogen-bond acceptors (Lipinski definition) is 2. The second kappa shape index (κ2) is 5.66. The van der Waals surface area contributed by atoms with Crippen LogP contribution in [0.3, 0.4) is 0 Å². The van der Waals surface area contributed by atoms with E-state index in [1.54, 1.807) is 0 Å². The van der Waals surface area contributed by atoms with Crippen molar-refractivity contribution >= 4 is 11.7 Å². The van der Waals surface area contributed by atoms with Gasteiger partial charge in [0.1, 0.15) is 5.92 Å². The number of allylic oxidation sites excluding steroid dienone is 1. The minimum atomic E-state index is -0.716. The first-order valence-corrected chi connectivity index (χ1v) is 5.11. The Morgan fingerprint density at radius 1 is 1.47 bits per heavy atom. The summed E-state index contributed by atoms with van der Waals surface area (Å²) in [6, 6.07) is 0. The highest BCUT2D eigenvalue weighted by atomic mass is 16.2. The molecular weight excluding hydrogens is 192 g/mol. The van der Waals surface area contributed by atoms with Crippen LogP contribution in [0.25, 0.3) is 0 Å². The lowest BCUT2D eigenvalue weighted by Crippen LogP contribution is -2.42. The molecule has 0 aliphatic heterocycles. The molecule has 0 radical (unpaired) electrons. The first-order chi connectivity index (χ1) is 6.84. The molecular formula is C11H21N2O2+. The molecule has 0 saturated heterocycles. The predicted molar refractivity (Wildman–Crippen MR) is 60.0 cm³/mol. The molecule has 1 unspecified atom stereocenters. The fourth-order valence-corrected chi connectivity index (χ4v) is 1.20. The molecule has 0 aliphatic rings. The van der Waals surface area contributed by atoms with Crippen LogP contribution in [0.2, 0.25) is 0 Å². The van der Waals surface area contributed by atoms with Crippen LogP contribution in [0, 0.1) is 5.92 Å². The van der Waals surface area contributed by atoms with Crippen LogP contribution in [0.5, 0.6) is 0 Å². The Morgan fingerprint density at radius 3 is 2.33 bits per heavy atom. The highest BCUT2D eigenvalue weighted by Crippen LogP contribution is 2.09. The summed E-state index contributed by atoms with van der Waals surface area (Å²) in [5.74, 6) is -1.55. The molecule has 0 saturated carbocycles. The Kier molecular flexibility index (Phi) is 5.22. The van der Waals surface area contributed by atoms with Gasteiger partial charge in [0.15, 0.2) is 5.78 Å². The number of amides is 1. The average Bonchev–Trinajstić information content (AvgIpc) is 2.17. The van der Waals surface area contributed by atoms with E-state index in [9.17, 15) is 9.59 Å². The van der Waals surface area contributed by atoms with E-state index in [-0.39, 0.29) is 5.78 Å². The lowest BCUT2D eigenvalue weighted by molar-refractivity contribution is -0.888. The molecule has 86 valence electrons. The molecule has 0 aromatic heterocycles. The molecule has 0 aromatic carbocycles. The Bertz CT molecular complexity index is 259. The Balaban J connectivity index is 4.38. The Labute approximate surface area is 91.3 Å². The van der Waals surface area contributed by atoms with Gasteiger partial charge in [-0.2, -0.15) is 0 Å². The van der Waals surface area contributed by atoms with E-state index < -0.39 is 11.8 Å². The molecule has 0 fully saturated rings. The van der Waals surface area contributed by atoms with Crippen molar-refractivity contribution in [1.29, 1.82) is 0 Å². The zero-order valence-electron chi connectivity index (χ0n) is 9.82. The topological polar surface area (TPSA) is 60.2 Å². The van der Waals surface area contributed by atoms with E-state index in [0.29, 0.717) is 6.42 Å². The molecule has 4 nitrogen and oxygen atoms in total. The van der Waals surface area contributed by atoms with E-state index in [2.05, 4.69) is 27.6 Å². The van der Waals surface area contributed by atoms with Gasteiger partial charge in [-0.15, -0.1) is 0 Å².